The van der Waals surface area contributed by atoms with Crippen LogP contribution in [0.15, 0.2) is 10.6 Å². The van der Waals surface area contributed by atoms with Crippen LogP contribution in [0.4, 0.5) is 4.39 Å². The monoisotopic (exact) mass is 172 g/mol. The van der Waals surface area contributed by atoms with Gasteiger partial charge in [-0.15, -0.1) is 0 Å². The summed E-state index contributed by atoms with van der Waals surface area (Å²) in [6.07, 6.45) is 3.38. The summed E-state index contributed by atoms with van der Waals surface area (Å²) in [5.74, 6) is 0.937. The first-order valence-corrected chi connectivity index (χ1v) is 4.01. The molecule has 0 spiro atoms. The van der Waals surface area contributed by atoms with Crippen LogP contribution in [-0.4, -0.2) is 18.6 Å². The van der Waals surface area contributed by atoms with Crippen molar-refractivity contribution in [3.05, 3.63) is 17.8 Å². The van der Waals surface area contributed by atoms with Crippen LogP contribution in [0.2, 0.25) is 0 Å². The highest BCUT2D eigenvalue weighted by molar-refractivity contribution is 4.93. The van der Waals surface area contributed by atoms with Crippen LogP contribution >= 0.6 is 0 Å². The Labute approximate surface area is 71.0 Å². The number of oxazole rings is 1. The molecule has 3 nitrogen and oxygen atoms in total. The van der Waals surface area contributed by atoms with Crippen LogP contribution in [-0.2, 0) is 13.1 Å². The summed E-state index contributed by atoms with van der Waals surface area (Å²) in [5.41, 5.74) is 0. The largest absolute Gasteiger partial charge is 0.443 e. The molecule has 0 aromatic carbocycles. The molecule has 1 aromatic rings. The molecule has 0 bridgehead atoms. The van der Waals surface area contributed by atoms with E-state index in [4.69, 9.17) is 4.42 Å². The van der Waals surface area contributed by atoms with Gasteiger partial charge in [0, 0.05) is 6.42 Å². The van der Waals surface area contributed by atoms with Crippen molar-refractivity contribution >= 4 is 0 Å². The molecule has 0 amide bonds. The topological polar surface area (TPSA) is 38.1 Å². The van der Waals surface area contributed by atoms with Crippen LogP contribution in [0.5, 0.6) is 0 Å². The standard InChI is InChI=1S/C8H13FN2O/c1-10-4-2-3-7-6-11-8(5-9)12-7/h6,10H,2-5H2,1H3. The fraction of sp³-hybridized carbons (Fsp3) is 0.625. The van der Waals surface area contributed by atoms with E-state index in [1.165, 1.54) is 0 Å². The molecule has 0 aliphatic carbocycles. The summed E-state index contributed by atoms with van der Waals surface area (Å²) >= 11 is 0. The van der Waals surface area contributed by atoms with E-state index in [0.29, 0.717) is 0 Å². The van der Waals surface area contributed by atoms with Gasteiger partial charge in [0.05, 0.1) is 6.20 Å². The van der Waals surface area contributed by atoms with Crippen molar-refractivity contribution < 1.29 is 8.81 Å². The average Bonchev–Trinajstić information content (AvgIpc) is 2.53. The highest BCUT2D eigenvalue weighted by atomic mass is 19.1. The Kier molecular flexibility index (Phi) is 3.73. The lowest BCUT2D eigenvalue weighted by Crippen LogP contribution is -2.08. The summed E-state index contributed by atoms with van der Waals surface area (Å²) in [5, 5.41) is 3.02. The molecule has 1 aromatic heterocycles. The third kappa shape index (κ3) is 2.62. The molecule has 0 saturated heterocycles. The number of rotatable bonds is 5. The van der Waals surface area contributed by atoms with Crippen LogP contribution < -0.4 is 5.32 Å². The van der Waals surface area contributed by atoms with Gasteiger partial charge in [-0.1, -0.05) is 0 Å². The number of nitrogens with zero attached hydrogens (tertiary/aromatic N) is 1. The molecule has 1 N–H and O–H groups in total. The molecule has 0 saturated carbocycles. The van der Waals surface area contributed by atoms with Gasteiger partial charge in [0.25, 0.3) is 0 Å². The molecule has 1 rings (SSSR count). The highest BCUT2D eigenvalue weighted by Crippen LogP contribution is 2.06. The van der Waals surface area contributed by atoms with Gasteiger partial charge >= 0.3 is 0 Å². The lowest BCUT2D eigenvalue weighted by atomic mass is 10.3. The SMILES string of the molecule is CNCCCc1cnc(CF)o1. The highest BCUT2D eigenvalue weighted by Gasteiger charge is 2.01. The van der Waals surface area contributed by atoms with Gasteiger partial charge in [0.1, 0.15) is 5.76 Å². The van der Waals surface area contributed by atoms with Crippen molar-refractivity contribution in [2.75, 3.05) is 13.6 Å². The zero-order valence-corrected chi connectivity index (χ0v) is 7.14. The van der Waals surface area contributed by atoms with E-state index in [2.05, 4.69) is 10.3 Å². The van der Waals surface area contributed by atoms with Gasteiger partial charge in [0.15, 0.2) is 6.67 Å². The van der Waals surface area contributed by atoms with Gasteiger partial charge in [-0.3, -0.25) is 0 Å². The maximum Gasteiger partial charge on any atom is 0.225 e. The third-order valence-electron chi connectivity index (χ3n) is 1.57. The van der Waals surface area contributed by atoms with Crippen molar-refractivity contribution in [1.29, 1.82) is 0 Å². The normalized spacial score (nSPS) is 10.5. The van der Waals surface area contributed by atoms with Crippen LogP contribution in [0.1, 0.15) is 18.1 Å². The molecule has 12 heavy (non-hydrogen) atoms. The summed E-state index contributed by atoms with van der Waals surface area (Å²) in [4.78, 5) is 3.75. The minimum absolute atomic E-state index is 0.175. The third-order valence-corrected chi connectivity index (χ3v) is 1.57. The minimum atomic E-state index is -0.619. The molecular weight excluding hydrogens is 159 g/mol. The molecule has 68 valence electrons. The molecule has 0 fully saturated rings. The number of nitrogens with one attached hydrogen (secondary N) is 1. The Morgan fingerprint density at radius 2 is 2.50 bits per heavy atom. The first-order chi connectivity index (χ1) is 5.86. The predicted molar refractivity (Wildman–Crippen MR) is 43.6 cm³/mol. The molecule has 0 atom stereocenters. The number of hydrogen-bond acceptors (Lipinski definition) is 3. The van der Waals surface area contributed by atoms with Crippen molar-refractivity contribution in [3.8, 4) is 0 Å². The summed E-state index contributed by atoms with van der Waals surface area (Å²) in [7, 11) is 1.90. The minimum Gasteiger partial charge on any atom is -0.443 e. The number of alkyl halides is 1. The van der Waals surface area contributed by atoms with E-state index < -0.39 is 6.67 Å². The maximum atomic E-state index is 12.0. The fourth-order valence-electron chi connectivity index (χ4n) is 0.965. The number of halogens is 1. The first kappa shape index (κ1) is 9.19. The second-order valence-electron chi connectivity index (χ2n) is 2.56. The molecular formula is C8H13FN2O. The second-order valence-corrected chi connectivity index (χ2v) is 2.56. The van der Waals surface area contributed by atoms with E-state index in [9.17, 15) is 4.39 Å². The average molecular weight is 172 g/mol. The van der Waals surface area contributed by atoms with E-state index in [1.54, 1.807) is 6.20 Å². The van der Waals surface area contributed by atoms with Gasteiger partial charge in [-0.25, -0.2) is 9.37 Å². The van der Waals surface area contributed by atoms with Crippen molar-refractivity contribution in [2.24, 2.45) is 0 Å². The lowest BCUT2D eigenvalue weighted by Gasteiger charge is -1.94. The summed E-state index contributed by atoms with van der Waals surface area (Å²) < 4.78 is 17.0. The summed E-state index contributed by atoms with van der Waals surface area (Å²) in [6.45, 7) is 0.317. The van der Waals surface area contributed by atoms with E-state index in [1.807, 2.05) is 7.05 Å². The van der Waals surface area contributed by atoms with Gasteiger partial charge in [0.2, 0.25) is 5.89 Å². The van der Waals surface area contributed by atoms with E-state index in [-0.39, 0.29) is 5.89 Å². The Hall–Kier alpha value is -0.900. The Bertz CT molecular complexity index is 225. The Morgan fingerprint density at radius 1 is 1.67 bits per heavy atom. The van der Waals surface area contributed by atoms with Crippen molar-refractivity contribution in [2.45, 2.75) is 19.5 Å². The zero-order valence-electron chi connectivity index (χ0n) is 7.14. The van der Waals surface area contributed by atoms with Gasteiger partial charge in [-0.05, 0) is 20.0 Å². The van der Waals surface area contributed by atoms with Crippen molar-refractivity contribution in [3.63, 3.8) is 0 Å². The molecule has 1 heterocycles. The smallest absolute Gasteiger partial charge is 0.225 e. The van der Waals surface area contributed by atoms with E-state index >= 15 is 0 Å². The number of aryl methyl sites for hydroxylation is 1. The van der Waals surface area contributed by atoms with Gasteiger partial charge < -0.3 is 9.73 Å². The molecule has 4 heteroatoms. The predicted octanol–water partition coefficient (Wildman–Crippen LogP) is 1.30. The van der Waals surface area contributed by atoms with Crippen molar-refractivity contribution in [1.82, 2.24) is 10.3 Å². The summed E-state index contributed by atoms with van der Waals surface area (Å²) in [6, 6.07) is 0. The van der Waals surface area contributed by atoms with Crippen LogP contribution in [0, 0.1) is 0 Å². The first-order valence-electron chi connectivity index (χ1n) is 4.01. The molecule has 0 unspecified atom stereocenters. The van der Waals surface area contributed by atoms with Crippen LogP contribution in [0.25, 0.3) is 0 Å². The number of aromatic nitrogens is 1. The maximum absolute atomic E-state index is 12.0. The molecule has 0 radical (unpaired) electrons. The second kappa shape index (κ2) is 4.87. The van der Waals surface area contributed by atoms with Crippen LogP contribution in [0.3, 0.4) is 0 Å². The van der Waals surface area contributed by atoms with E-state index in [0.717, 1.165) is 25.1 Å². The lowest BCUT2D eigenvalue weighted by molar-refractivity contribution is 0.364. The Morgan fingerprint density at radius 3 is 3.08 bits per heavy atom. The Balaban J connectivity index is 2.31. The zero-order chi connectivity index (χ0) is 8.81. The fourth-order valence-corrected chi connectivity index (χ4v) is 0.965. The molecule has 0 aliphatic rings. The van der Waals surface area contributed by atoms with Gasteiger partial charge in [-0.2, -0.15) is 0 Å². The molecule has 0 aliphatic heterocycles. The quantitative estimate of drug-likeness (QED) is 0.680. The number of hydrogen-bond donors (Lipinski definition) is 1.